The number of carbonyl (C=O) groups excluding carboxylic acids is 2. The molecule has 4 atom stereocenters. The summed E-state index contributed by atoms with van der Waals surface area (Å²) in [5.41, 5.74) is 4.01. The number of hydrogen-bond acceptors (Lipinski definition) is 4. The number of fused-ring (bicyclic) bond motifs is 4. The van der Waals surface area contributed by atoms with Gasteiger partial charge in [0.05, 0.1) is 5.41 Å². The van der Waals surface area contributed by atoms with Gasteiger partial charge in [-0.25, -0.2) is 4.79 Å². The SMILES string of the molecule is CC(C)[C@@H](CC(=O)NC1CC2CC2(C(=O)O)C1)NC(=O)OCC1c2ccccc2-c2ccccc21. The molecule has 7 nitrogen and oxygen atoms in total. The number of rotatable bonds is 8. The van der Waals surface area contributed by atoms with E-state index in [4.69, 9.17) is 4.74 Å². The van der Waals surface area contributed by atoms with Crippen LogP contribution in [0.1, 0.15) is 56.6 Å². The Morgan fingerprint density at radius 1 is 1.03 bits per heavy atom. The molecule has 3 unspecified atom stereocenters. The van der Waals surface area contributed by atoms with Gasteiger partial charge in [0.2, 0.25) is 5.91 Å². The molecular formula is C28H32N2O5. The average molecular weight is 477 g/mol. The minimum absolute atomic E-state index is 0.0238. The molecular weight excluding hydrogens is 444 g/mol. The molecule has 0 spiro atoms. The van der Waals surface area contributed by atoms with Gasteiger partial charge in [-0.1, -0.05) is 62.4 Å². The summed E-state index contributed by atoms with van der Waals surface area (Å²) in [6, 6.07) is 15.9. The monoisotopic (exact) mass is 476 g/mol. The molecule has 2 fully saturated rings. The fraction of sp³-hybridized carbons (Fsp3) is 0.464. The molecule has 0 bridgehead atoms. The van der Waals surface area contributed by atoms with Gasteiger partial charge < -0.3 is 20.5 Å². The van der Waals surface area contributed by atoms with Gasteiger partial charge in [0.1, 0.15) is 6.61 Å². The zero-order chi connectivity index (χ0) is 24.7. The Morgan fingerprint density at radius 3 is 2.23 bits per heavy atom. The molecule has 0 aliphatic heterocycles. The third-order valence-electron chi connectivity index (χ3n) is 8.06. The highest BCUT2D eigenvalue weighted by Crippen LogP contribution is 2.63. The first kappa shape index (κ1) is 23.4. The van der Waals surface area contributed by atoms with Gasteiger partial charge >= 0.3 is 12.1 Å². The van der Waals surface area contributed by atoms with Crippen molar-refractivity contribution >= 4 is 18.0 Å². The molecule has 2 amide bonds. The first-order valence-electron chi connectivity index (χ1n) is 12.4. The number of carboxylic acids is 1. The number of benzene rings is 2. The van der Waals surface area contributed by atoms with E-state index in [1.807, 2.05) is 38.1 Å². The van der Waals surface area contributed by atoms with Crippen LogP contribution in [0.3, 0.4) is 0 Å². The third kappa shape index (κ3) is 4.40. The van der Waals surface area contributed by atoms with Crippen LogP contribution in [0.25, 0.3) is 11.1 Å². The summed E-state index contributed by atoms with van der Waals surface area (Å²) in [6.07, 6.45) is 1.51. The van der Waals surface area contributed by atoms with Crippen LogP contribution in [-0.2, 0) is 14.3 Å². The maximum absolute atomic E-state index is 12.7. The number of carboxylic acid groups (broad SMARTS) is 1. The molecule has 3 aliphatic rings. The van der Waals surface area contributed by atoms with Crippen LogP contribution in [0.15, 0.2) is 48.5 Å². The predicted octanol–water partition coefficient (Wildman–Crippen LogP) is 4.31. The minimum atomic E-state index is -0.753. The van der Waals surface area contributed by atoms with E-state index in [0.717, 1.165) is 11.1 Å². The van der Waals surface area contributed by atoms with Crippen molar-refractivity contribution in [2.24, 2.45) is 17.3 Å². The predicted molar refractivity (Wildman–Crippen MR) is 131 cm³/mol. The molecule has 2 aromatic rings. The molecule has 0 heterocycles. The van der Waals surface area contributed by atoms with Crippen LogP contribution in [0, 0.1) is 17.3 Å². The molecule has 0 saturated heterocycles. The first-order chi connectivity index (χ1) is 16.8. The molecule has 184 valence electrons. The summed E-state index contributed by atoms with van der Waals surface area (Å²) in [5, 5.41) is 15.3. The Hall–Kier alpha value is -3.35. The zero-order valence-corrected chi connectivity index (χ0v) is 20.1. The molecule has 3 N–H and O–H groups in total. The van der Waals surface area contributed by atoms with Crippen LogP contribution >= 0.6 is 0 Å². The van der Waals surface area contributed by atoms with Crippen molar-refractivity contribution in [3.05, 3.63) is 59.7 Å². The quantitative estimate of drug-likeness (QED) is 0.527. The second kappa shape index (κ2) is 9.02. The van der Waals surface area contributed by atoms with Crippen LogP contribution in [0.2, 0.25) is 0 Å². The van der Waals surface area contributed by atoms with Crippen molar-refractivity contribution in [1.82, 2.24) is 10.6 Å². The molecule has 2 aromatic carbocycles. The van der Waals surface area contributed by atoms with E-state index in [1.54, 1.807) is 0 Å². The van der Waals surface area contributed by atoms with Crippen LogP contribution in [-0.4, -0.2) is 41.8 Å². The molecule has 7 heteroatoms. The lowest BCUT2D eigenvalue weighted by Gasteiger charge is -2.24. The standard InChI is InChI=1S/C28H32N2O5/c1-16(2)24(12-25(31)29-18-11-17-13-28(17,14-18)26(32)33)30-27(34)35-15-23-21-9-5-3-7-19(21)20-8-4-6-10-22(20)23/h3-10,16-18,23-24H,11-15H2,1-2H3,(H,29,31)(H,30,34)(H,32,33)/t17?,18?,24-,28?/m1/s1. The summed E-state index contributed by atoms with van der Waals surface area (Å²) >= 11 is 0. The fourth-order valence-electron chi connectivity index (χ4n) is 6.00. The fourth-order valence-corrected chi connectivity index (χ4v) is 6.00. The minimum Gasteiger partial charge on any atom is -0.481 e. The average Bonchev–Trinajstić information content (AvgIpc) is 3.26. The van der Waals surface area contributed by atoms with Gasteiger partial charge in [-0.15, -0.1) is 0 Å². The number of alkyl carbamates (subject to hydrolysis) is 1. The summed E-state index contributed by atoms with van der Waals surface area (Å²) < 4.78 is 5.65. The Kier molecular flexibility index (Phi) is 6.03. The normalized spacial score (nSPS) is 24.8. The highest BCUT2D eigenvalue weighted by Gasteiger charge is 2.65. The molecule has 0 radical (unpaired) electrons. The number of aliphatic carboxylic acids is 1. The van der Waals surface area contributed by atoms with E-state index >= 15 is 0 Å². The lowest BCUT2D eigenvalue weighted by molar-refractivity contribution is -0.143. The van der Waals surface area contributed by atoms with E-state index < -0.39 is 17.5 Å². The number of nitrogens with one attached hydrogen (secondary N) is 2. The molecule has 0 aromatic heterocycles. The van der Waals surface area contributed by atoms with E-state index in [1.165, 1.54) is 11.1 Å². The summed E-state index contributed by atoms with van der Waals surface area (Å²) in [5.74, 6) is -0.747. The number of carbonyl (C=O) groups is 3. The smallest absolute Gasteiger partial charge is 0.407 e. The van der Waals surface area contributed by atoms with Gasteiger partial charge in [-0.3, -0.25) is 9.59 Å². The van der Waals surface area contributed by atoms with Gasteiger partial charge in [0.15, 0.2) is 0 Å². The second-order valence-electron chi connectivity index (χ2n) is 10.6. The summed E-state index contributed by atoms with van der Waals surface area (Å²) in [4.78, 5) is 36.9. The maximum atomic E-state index is 12.7. The van der Waals surface area contributed by atoms with E-state index in [-0.39, 0.29) is 48.8 Å². The van der Waals surface area contributed by atoms with Crippen molar-refractivity contribution in [3.8, 4) is 11.1 Å². The van der Waals surface area contributed by atoms with Crippen LogP contribution < -0.4 is 10.6 Å². The molecule has 2 saturated carbocycles. The lowest BCUT2D eigenvalue weighted by Crippen LogP contribution is -2.44. The van der Waals surface area contributed by atoms with Gasteiger partial charge in [-0.2, -0.15) is 0 Å². The van der Waals surface area contributed by atoms with Crippen molar-refractivity contribution in [2.75, 3.05) is 6.61 Å². The Balaban J connectivity index is 1.15. The lowest BCUT2D eigenvalue weighted by atomic mass is 9.98. The number of hydrogen-bond donors (Lipinski definition) is 3. The van der Waals surface area contributed by atoms with E-state index in [9.17, 15) is 19.5 Å². The van der Waals surface area contributed by atoms with Crippen LogP contribution in [0.4, 0.5) is 4.79 Å². The zero-order valence-electron chi connectivity index (χ0n) is 20.1. The molecule has 35 heavy (non-hydrogen) atoms. The van der Waals surface area contributed by atoms with Gasteiger partial charge in [0.25, 0.3) is 0 Å². The van der Waals surface area contributed by atoms with Crippen molar-refractivity contribution in [2.45, 2.75) is 57.5 Å². The molecule has 5 rings (SSSR count). The second-order valence-corrected chi connectivity index (χ2v) is 10.6. The summed E-state index contributed by atoms with van der Waals surface area (Å²) in [6.45, 7) is 4.12. The largest absolute Gasteiger partial charge is 0.481 e. The van der Waals surface area contributed by atoms with E-state index in [2.05, 4.69) is 34.9 Å². The van der Waals surface area contributed by atoms with Crippen LogP contribution in [0.5, 0.6) is 0 Å². The Morgan fingerprint density at radius 2 is 1.66 bits per heavy atom. The molecule has 3 aliphatic carbocycles. The Labute approximate surface area is 205 Å². The Bertz CT molecular complexity index is 1120. The van der Waals surface area contributed by atoms with Crippen molar-refractivity contribution in [3.63, 3.8) is 0 Å². The van der Waals surface area contributed by atoms with Crippen molar-refractivity contribution in [1.29, 1.82) is 0 Å². The first-order valence-corrected chi connectivity index (χ1v) is 12.4. The maximum Gasteiger partial charge on any atom is 0.407 e. The number of amides is 2. The topological polar surface area (TPSA) is 105 Å². The van der Waals surface area contributed by atoms with E-state index in [0.29, 0.717) is 19.3 Å². The van der Waals surface area contributed by atoms with Gasteiger partial charge in [0, 0.05) is 24.4 Å². The highest BCUT2D eigenvalue weighted by atomic mass is 16.5. The highest BCUT2D eigenvalue weighted by molar-refractivity contribution is 5.81. The van der Waals surface area contributed by atoms with Gasteiger partial charge in [-0.05, 0) is 53.4 Å². The number of ether oxygens (including phenoxy) is 1. The van der Waals surface area contributed by atoms with Crippen molar-refractivity contribution < 1.29 is 24.2 Å². The summed E-state index contributed by atoms with van der Waals surface area (Å²) in [7, 11) is 0. The third-order valence-corrected chi connectivity index (χ3v) is 8.06.